The van der Waals surface area contributed by atoms with Crippen LogP contribution in [-0.4, -0.2) is 34.9 Å². The van der Waals surface area contributed by atoms with E-state index in [-0.39, 0.29) is 30.2 Å². The van der Waals surface area contributed by atoms with E-state index in [1.165, 1.54) is 23.5 Å². The fourth-order valence-corrected chi connectivity index (χ4v) is 4.70. The monoisotopic (exact) mass is 381 g/mol. The van der Waals surface area contributed by atoms with Gasteiger partial charge >= 0.3 is 0 Å². The number of carbonyl (C=O) groups excluding carboxylic acids is 1. The van der Waals surface area contributed by atoms with Gasteiger partial charge < -0.3 is 10.6 Å². The van der Waals surface area contributed by atoms with Crippen LogP contribution in [0.15, 0.2) is 29.6 Å². The summed E-state index contributed by atoms with van der Waals surface area (Å²) in [5.41, 5.74) is 7.65. The lowest BCUT2D eigenvalue weighted by atomic mass is 9.98. The van der Waals surface area contributed by atoms with Gasteiger partial charge in [-0.05, 0) is 42.4 Å². The van der Waals surface area contributed by atoms with Crippen LogP contribution in [0.3, 0.4) is 0 Å². The Morgan fingerprint density at radius 1 is 1.28 bits per heavy atom. The van der Waals surface area contributed by atoms with Crippen LogP contribution < -0.4 is 5.73 Å². The van der Waals surface area contributed by atoms with Gasteiger partial charge in [-0.15, -0.1) is 23.7 Å². The molecule has 2 aliphatic rings. The molecule has 0 spiro atoms. The van der Waals surface area contributed by atoms with Crippen LogP contribution >= 0.6 is 23.7 Å². The second-order valence-corrected chi connectivity index (χ2v) is 7.75. The van der Waals surface area contributed by atoms with Gasteiger partial charge in [0, 0.05) is 30.9 Å². The first-order valence-electron chi connectivity index (χ1n) is 8.34. The summed E-state index contributed by atoms with van der Waals surface area (Å²) in [5.74, 6) is 0.775. The van der Waals surface area contributed by atoms with E-state index in [0.717, 1.165) is 36.5 Å². The minimum atomic E-state index is -0.244. The minimum absolute atomic E-state index is 0. The Kier molecular flexibility index (Phi) is 5.41. The highest BCUT2D eigenvalue weighted by atomic mass is 35.5. The largest absolute Gasteiger partial charge is 0.337 e. The van der Waals surface area contributed by atoms with Crippen LogP contribution in [0, 0.1) is 17.7 Å². The second-order valence-electron chi connectivity index (χ2n) is 6.81. The van der Waals surface area contributed by atoms with E-state index in [1.807, 2.05) is 10.3 Å². The standard InChI is InChI=1S/C18H20FN3OS.ClH/c19-13-4-1-11(2-5-13)7-17-21-16(10-24-17)18(23)22-8-12-3-6-15(20)14(12)9-22;/h1-2,4-5,10,12,14-15H,3,6-9,20H2;1H. The highest BCUT2D eigenvalue weighted by Gasteiger charge is 2.42. The van der Waals surface area contributed by atoms with Crippen LogP contribution in [0.5, 0.6) is 0 Å². The van der Waals surface area contributed by atoms with Gasteiger partial charge in [-0.3, -0.25) is 4.79 Å². The molecule has 1 aliphatic heterocycles. The van der Waals surface area contributed by atoms with Gasteiger partial charge in [-0.25, -0.2) is 9.37 Å². The molecule has 4 rings (SSSR count). The average Bonchev–Trinajstić information content (AvgIpc) is 3.27. The lowest BCUT2D eigenvalue weighted by molar-refractivity contribution is 0.0774. The Morgan fingerprint density at radius 2 is 2.04 bits per heavy atom. The summed E-state index contributed by atoms with van der Waals surface area (Å²) in [5, 5.41) is 2.70. The first kappa shape index (κ1) is 18.3. The molecule has 2 heterocycles. The summed E-state index contributed by atoms with van der Waals surface area (Å²) >= 11 is 1.48. The number of benzene rings is 1. The predicted octanol–water partition coefficient (Wildman–Crippen LogP) is 3.10. The zero-order valence-corrected chi connectivity index (χ0v) is 15.4. The maximum absolute atomic E-state index is 13.0. The number of nitrogens with zero attached hydrogens (tertiary/aromatic N) is 2. The number of nitrogens with two attached hydrogens (primary N) is 1. The maximum Gasteiger partial charge on any atom is 0.273 e. The van der Waals surface area contributed by atoms with Crippen molar-refractivity contribution in [3.8, 4) is 0 Å². The first-order valence-corrected chi connectivity index (χ1v) is 9.22. The molecule has 3 atom stereocenters. The van der Waals surface area contributed by atoms with Crippen molar-refractivity contribution in [3.05, 3.63) is 51.7 Å². The van der Waals surface area contributed by atoms with Crippen molar-refractivity contribution in [2.75, 3.05) is 13.1 Å². The average molecular weight is 382 g/mol. The van der Waals surface area contributed by atoms with E-state index in [9.17, 15) is 9.18 Å². The Morgan fingerprint density at radius 3 is 2.76 bits per heavy atom. The molecule has 2 aromatic rings. The molecule has 7 heteroatoms. The lowest BCUT2D eigenvalue weighted by Crippen LogP contribution is -2.33. The van der Waals surface area contributed by atoms with Gasteiger partial charge in [0.05, 0.1) is 5.01 Å². The van der Waals surface area contributed by atoms with Crippen LogP contribution in [-0.2, 0) is 6.42 Å². The molecule has 2 N–H and O–H groups in total. The fraction of sp³-hybridized carbons (Fsp3) is 0.444. The van der Waals surface area contributed by atoms with E-state index in [2.05, 4.69) is 4.98 Å². The lowest BCUT2D eigenvalue weighted by Gasteiger charge is -2.17. The molecule has 134 valence electrons. The molecule has 1 saturated heterocycles. The molecule has 1 saturated carbocycles. The molecule has 3 unspecified atom stereocenters. The highest BCUT2D eigenvalue weighted by molar-refractivity contribution is 7.09. The molecule has 25 heavy (non-hydrogen) atoms. The minimum Gasteiger partial charge on any atom is -0.337 e. The van der Waals surface area contributed by atoms with E-state index < -0.39 is 0 Å². The molecule has 0 radical (unpaired) electrons. The SMILES string of the molecule is Cl.NC1CCC2CN(C(=O)c3csc(Cc4ccc(F)cc4)n3)CC12. The quantitative estimate of drug-likeness (QED) is 0.888. The third-order valence-electron chi connectivity index (χ3n) is 5.24. The Bertz CT molecular complexity index is 751. The molecule has 2 fully saturated rings. The molecule has 1 aromatic carbocycles. The zero-order valence-electron chi connectivity index (χ0n) is 13.7. The van der Waals surface area contributed by atoms with Gasteiger partial charge in [0.15, 0.2) is 0 Å². The number of likely N-dealkylation sites (tertiary alicyclic amines) is 1. The topological polar surface area (TPSA) is 59.2 Å². The van der Waals surface area contributed by atoms with Crippen molar-refractivity contribution in [2.24, 2.45) is 17.6 Å². The van der Waals surface area contributed by atoms with Crippen LogP contribution in [0.4, 0.5) is 4.39 Å². The molecule has 1 aromatic heterocycles. The summed E-state index contributed by atoms with van der Waals surface area (Å²) in [4.78, 5) is 19.1. The molecule has 4 nitrogen and oxygen atoms in total. The van der Waals surface area contributed by atoms with Crippen molar-refractivity contribution in [2.45, 2.75) is 25.3 Å². The Hall–Kier alpha value is -1.50. The van der Waals surface area contributed by atoms with Crippen LogP contribution in [0.25, 0.3) is 0 Å². The fourth-order valence-electron chi connectivity index (χ4n) is 3.90. The normalized spacial score (nSPS) is 24.9. The number of carbonyl (C=O) groups is 1. The number of amides is 1. The summed E-state index contributed by atoms with van der Waals surface area (Å²) in [6.07, 6.45) is 2.83. The van der Waals surface area contributed by atoms with Crippen molar-refractivity contribution in [1.29, 1.82) is 0 Å². The zero-order chi connectivity index (χ0) is 16.7. The van der Waals surface area contributed by atoms with Gasteiger partial charge in [0.2, 0.25) is 0 Å². The van der Waals surface area contributed by atoms with Gasteiger partial charge in [-0.2, -0.15) is 0 Å². The number of hydrogen-bond acceptors (Lipinski definition) is 4. The predicted molar refractivity (Wildman–Crippen MR) is 98.7 cm³/mol. The highest BCUT2D eigenvalue weighted by Crippen LogP contribution is 2.37. The van der Waals surface area contributed by atoms with Crippen LogP contribution in [0.2, 0.25) is 0 Å². The van der Waals surface area contributed by atoms with E-state index in [0.29, 0.717) is 24.0 Å². The molecule has 1 amide bonds. The number of fused-ring (bicyclic) bond motifs is 1. The smallest absolute Gasteiger partial charge is 0.273 e. The Balaban J connectivity index is 0.00000182. The second kappa shape index (κ2) is 7.40. The first-order chi connectivity index (χ1) is 11.6. The summed E-state index contributed by atoms with van der Waals surface area (Å²) in [7, 11) is 0. The van der Waals surface area contributed by atoms with Crippen molar-refractivity contribution < 1.29 is 9.18 Å². The Labute approximate surface area is 156 Å². The van der Waals surface area contributed by atoms with Crippen molar-refractivity contribution in [1.82, 2.24) is 9.88 Å². The van der Waals surface area contributed by atoms with Crippen molar-refractivity contribution >= 4 is 29.7 Å². The third-order valence-corrected chi connectivity index (χ3v) is 6.09. The van der Waals surface area contributed by atoms with E-state index in [4.69, 9.17) is 5.73 Å². The number of hydrogen-bond donors (Lipinski definition) is 1. The molecular weight excluding hydrogens is 361 g/mol. The number of aromatic nitrogens is 1. The molecular formula is C18H21ClFN3OS. The van der Waals surface area contributed by atoms with E-state index >= 15 is 0 Å². The number of thiazole rings is 1. The summed E-state index contributed by atoms with van der Waals surface area (Å²) in [6, 6.07) is 6.63. The molecule has 0 bridgehead atoms. The number of rotatable bonds is 3. The van der Waals surface area contributed by atoms with Crippen LogP contribution in [0.1, 0.15) is 33.9 Å². The number of halogens is 2. The van der Waals surface area contributed by atoms with E-state index in [1.54, 1.807) is 12.1 Å². The summed E-state index contributed by atoms with van der Waals surface area (Å²) < 4.78 is 13.0. The van der Waals surface area contributed by atoms with Gasteiger partial charge in [0.1, 0.15) is 11.5 Å². The molecule has 1 aliphatic carbocycles. The maximum atomic E-state index is 13.0. The third kappa shape index (κ3) is 3.71. The van der Waals surface area contributed by atoms with Gasteiger partial charge in [0.25, 0.3) is 5.91 Å². The summed E-state index contributed by atoms with van der Waals surface area (Å²) in [6.45, 7) is 1.57. The van der Waals surface area contributed by atoms with Crippen molar-refractivity contribution in [3.63, 3.8) is 0 Å². The van der Waals surface area contributed by atoms with Gasteiger partial charge in [-0.1, -0.05) is 12.1 Å².